The maximum atomic E-state index is 12.5. The molecule has 8 heteroatoms. The molecule has 33 heavy (non-hydrogen) atoms. The normalized spacial score (nSPS) is 19.7. The van der Waals surface area contributed by atoms with E-state index in [1.165, 1.54) is 11.1 Å². The third kappa shape index (κ3) is 3.89. The number of amides is 1. The van der Waals surface area contributed by atoms with Gasteiger partial charge in [-0.15, -0.1) is 0 Å². The minimum Gasteiger partial charge on any atom is -0.489 e. The van der Waals surface area contributed by atoms with Gasteiger partial charge in [0.15, 0.2) is 0 Å². The van der Waals surface area contributed by atoms with Crippen molar-refractivity contribution in [2.75, 3.05) is 19.7 Å². The first-order chi connectivity index (χ1) is 15.9. The summed E-state index contributed by atoms with van der Waals surface area (Å²) in [4.78, 5) is 18.9. The van der Waals surface area contributed by atoms with Crippen LogP contribution in [0.2, 0.25) is 5.02 Å². The number of hydrogen-bond acceptors (Lipinski definition) is 6. The molecule has 2 heterocycles. The number of carbonyl (C=O) groups excluding carboxylic acids is 1. The first-order valence-electron chi connectivity index (χ1n) is 11.2. The fourth-order valence-electron chi connectivity index (χ4n) is 5.08. The highest BCUT2D eigenvalue weighted by Gasteiger charge is 2.48. The maximum Gasteiger partial charge on any atom is 0.258 e. The first kappa shape index (κ1) is 21.9. The number of likely N-dealkylation sites (tertiary alicyclic amines) is 1. The van der Waals surface area contributed by atoms with Crippen LogP contribution in [0.15, 0.2) is 40.9 Å². The Labute approximate surface area is 197 Å². The minimum absolute atomic E-state index is 0.0189. The molecule has 1 N–H and O–H groups in total. The van der Waals surface area contributed by atoms with E-state index in [0.717, 1.165) is 24.0 Å². The Morgan fingerprint density at radius 2 is 2.15 bits per heavy atom. The zero-order valence-corrected chi connectivity index (χ0v) is 19.4. The van der Waals surface area contributed by atoms with E-state index in [1.54, 1.807) is 17.0 Å². The van der Waals surface area contributed by atoms with Crippen LogP contribution in [0.3, 0.4) is 0 Å². The fraction of sp³-hybridized carbons (Fsp3) is 0.400. The first-order valence-corrected chi connectivity index (χ1v) is 11.6. The molecule has 1 fully saturated rings. The van der Waals surface area contributed by atoms with Gasteiger partial charge in [-0.25, -0.2) is 0 Å². The molecular formula is C25H26ClN3O4. The zero-order valence-electron chi connectivity index (χ0n) is 18.7. The van der Waals surface area contributed by atoms with Crippen molar-refractivity contribution in [1.82, 2.24) is 15.0 Å². The number of fused-ring (bicyclic) bond motifs is 2. The number of aliphatic hydroxyl groups is 1. The molecular weight excluding hydrogens is 442 g/mol. The molecule has 1 aliphatic heterocycles. The summed E-state index contributed by atoms with van der Waals surface area (Å²) in [6.45, 7) is 4.90. The summed E-state index contributed by atoms with van der Waals surface area (Å²) in [5.74, 6) is 1.63. The Balaban J connectivity index is 1.45. The van der Waals surface area contributed by atoms with Crippen LogP contribution >= 0.6 is 11.6 Å². The van der Waals surface area contributed by atoms with E-state index in [-0.39, 0.29) is 24.0 Å². The van der Waals surface area contributed by atoms with E-state index < -0.39 is 0 Å². The molecule has 1 atom stereocenters. The SMILES string of the molecule is CC(C)Oc1ccc(-c2nc(-c3cccc4c3CCC43CC(=O)N(CCO)C3)no2)cc1Cl. The molecule has 0 radical (unpaired) electrons. The van der Waals surface area contributed by atoms with Gasteiger partial charge in [-0.1, -0.05) is 35.0 Å². The van der Waals surface area contributed by atoms with Crippen molar-refractivity contribution in [1.29, 1.82) is 0 Å². The summed E-state index contributed by atoms with van der Waals surface area (Å²) in [6, 6.07) is 11.5. The lowest BCUT2D eigenvalue weighted by atomic mass is 9.80. The third-order valence-corrected chi connectivity index (χ3v) is 6.81. The number of halogens is 1. The van der Waals surface area contributed by atoms with Gasteiger partial charge in [0.05, 0.1) is 17.7 Å². The van der Waals surface area contributed by atoms with Crippen LogP contribution < -0.4 is 4.74 Å². The highest BCUT2D eigenvalue weighted by atomic mass is 35.5. The fourth-order valence-corrected chi connectivity index (χ4v) is 5.30. The summed E-state index contributed by atoms with van der Waals surface area (Å²) >= 11 is 6.38. The van der Waals surface area contributed by atoms with Gasteiger partial charge in [-0.05, 0) is 56.0 Å². The standard InChI is InChI=1S/C25H26ClN3O4/c1-15(2)32-21-7-6-16(12-20(21)26)24-27-23(28-33-24)18-4-3-5-19-17(18)8-9-25(19)13-22(31)29(14-25)10-11-30/h3-7,12,15,30H,8-11,13-14H2,1-2H3. The molecule has 0 bridgehead atoms. The highest BCUT2D eigenvalue weighted by Crippen LogP contribution is 2.48. The second-order valence-corrected chi connectivity index (χ2v) is 9.47. The van der Waals surface area contributed by atoms with Crippen molar-refractivity contribution < 1.29 is 19.2 Å². The van der Waals surface area contributed by atoms with Crippen molar-refractivity contribution in [3.63, 3.8) is 0 Å². The molecule has 1 amide bonds. The van der Waals surface area contributed by atoms with Crippen molar-refractivity contribution in [3.8, 4) is 28.6 Å². The zero-order chi connectivity index (χ0) is 23.2. The number of hydrogen-bond donors (Lipinski definition) is 1. The van der Waals surface area contributed by atoms with Gasteiger partial charge in [0, 0.05) is 36.1 Å². The lowest BCUT2D eigenvalue weighted by molar-refractivity contribution is -0.128. The Bertz CT molecular complexity index is 1210. The van der Waals surface area contributed by atoms with E-state index >= 15 is 0 Å². The molecule has 1 aromatic heterocycles. The van der Waals surface area contributed by atoms with Crippen molar-refractivity contribution in [2.24, 2.45) is 0 Å². The number of aliphatic hydroxyl groups excluding tert-OH is 1. The minimum atomic E-state index is -0.204. The van der Waals surface area contributed by atoms with Gasteiger partial charge in [0.1, 0.15) is 5.75 Å². The second-order valence-electron chi connectivity index (χ2n) is 9.06. The quantitative estimate of drug-likeness (QED) is 0.583. The number of aromatic nitrogens is 2. The molecule has 1 aliphatic carbocycles. The van der Waals surface area contributed by atoms with E-state index in [0.29, 0.717) is 42.0 Å². The third-order valence-electron chi connectivity index (χ3n) is 6.52. The molecule has 172 valence electrons. The monoisotopic (exact) mass is 467 g/mol. The summed E-state index contributed by atoms with van der Waals surface area (Å²) in [5.41, 5.74) is 3.79. The molecule has 5 rings (SSSR count). The van der Waals surface area contributed by atoms with Gasteiger partial charge >= 0.3 is 0 Å². The lowest BCUT2D eigenvalue weighted by Crippen LogP contribution is -2.32. The van der Waals surface area contributed by atoms with Crippen molar-refractivity contribution in [3.05, 3.63) is 52.5 Å². The number of carbonyl (C=O) groups is 1. The molecule has 3 aromatic rings. The largest absolute Gasteiger partial charge is 0.489 e. The summed E-state index contributed by atoms with van der Waals surface area (Å²) in [6.07, 6.45) is 2.25. The van der Waals surface area contributed by atoms with Gasteiger partial charge < -0.3 is 19.3 Å². The van der Waals surface area contributed by atoms with Gasteiger partial charge in [0.25, 0.3) is 5.89 Å². The second kappa shape index (κ2) is 8.47. The maximum absolute atomic E-state index is 12.5. The van der Waals surface area contributed by atoms with Gasteiger partial charge in [0.2, 0.25) is 11.7 Å². The van der Waals surface area contributed by atoms with Crippen LogP contribution in [0.1, 0.15) is 37.8 Å². The van der Waals surface area contributed by atoms with Crippen LogP contribution in [0.4, 0.5) is 0 Å². The van der Waals surface area contributed by atoms with Crippen LogP contribution in [-0.2, 0) is 16.6 Å². The molecule has 1 saturated heterocycles. The van der Waals surface area contributed by atoms with E-state index in [9.17, 15) is 9.90 Å². The average molecular weight is 468 g/mol. The predicted octanol–water partition coefficient (Wildman–Crippen LogP) is 4.25. The molecule has 0 saturated carbocycles. The van der Waals surface area contributed by atoms with Crippen LogP contribution in [0.5, 0.6) is 5.75 Å². The topological polar surface area (TPSA) is 88.7 Å². The number of benzene rings is 2. The van der Waals surface area contributed by atoms with Gasteiger partial charge in [-0.2, -0.15) is 4.98 Å². The smallest absolute Gasteiger partial charge is 0.258 e. The van der Waals surface area contributed by atoms with Gasteiger partial charge in [-0.3, -0.25) is 4.79 Å². The van der Waals surface area contributed by atoms with Crippen molar-refractivity contribution in [2.45, 2.75) is 44.6 Å². The van der Waals surface area contributed by atoms with Crippen LogP contribution in [-0.4, -0.2) is 51.9 Å². The van der Waals surface area contributed by atoms with Crippen LogP contribution in [0, 0.1) is 0 Å². The number of rotatable bonds is 6. The van der Waals surface area contributed by atoms with Crippen molar-refractivity contribution >= 4 is 17.5 Å². The summed E-state index contributed by atoms with van der Waals surface area (Å²) in [7, 11) is 0. The Morgan fingerprint density at radius 1 is 1.30 bits per heavy atom. The van der Waals surface area contributed by atoms with E-state index in [4.69, 9.17) is 20.9 Å². The predicted molar refractivity (Wildman–Crippen MR) is 124 cm³/mol. The average Bonchev–Trinajstić information content (AvgIpc) is 3.48. The van der Waals surface area contributed by atoms with E-state index in [1.807, 2.05) is 32.0 Å². The molecule has 7 nitrogen and oxygen atoms in total. The van der Waals surface area contributed by atoms with E-state index in [2.05, 4.69) is 16.2 Å². The number of β-amino-alcohol motifs (C(OH)–C–C–N with tert-alkyl or cyclic N) is 1. The Kier molecular flexibility index (Phi) is 5.62. The Hall–Kier alpha value is -2.90. The van der Waals surface area contributed by atoms with Crippen LogP contribution in [0.25, 0.3) is 22.8 Å². The summed E-state index contributed by atoms with van der Waals surface area (Å²) in [5, 5.41) is 14.0. The molecule has 2 aromatic carbocycles. The number of nitrogens with zero attached hydrogens (tertiary/aromatic N) is 3. The summed E-state index contributed by atoms with van der Waals surface area (Å²) < 4.78 is 11.3. The number of ether oxygens (including phenoxy) is 1. The molecule has 1 unspecified atom stereocenters. The Morgan fingerprint density at radius 3 is 2.91 bits per heavy atom. The molecule has 1 spiro atoms. The molecule has 2 aliphatic rings. The lowest BCUT2D eigenvalue weighted by Gasteiger charge is -2.24. The highest BCUT2D eigenvalue weighted by molar-refractivity contribution is 6.32.